The number of nitriles is 1. The number of carbonyl (C=O) groups excluding carboxylic acids is 1. The minimum atomic E-state index is -1.02. The summed E-state index contributed by atoms with van der Waals surface area (Å²) >= 11 is 1.43. The van der Waals surface area contributed by atoms with Gasteiger partial charge in [-0.05, 0) is 6.92 Å². The monoisotopic (exact) mass is 238 g/mol. The minimum absolute atomic E-state index is 0.0538. The van der Waals surface area contributed by atoms with E-state index in [1.807, 2.05) is 6.07 Å². The zero-order chi connectivity index (χ0) is 11.9. The zero-order valence-electron chi connectivity index (χ0n) is 8.58. The second-order valence-corrected chi connectivity index (χ2v) is 5.62. The molecular formula is C10H10N2O3S. The van der Waals surface area contributed by atoms with E-state index in [1.165, 1.54) is 22.7 Å². The third-order valence-electron chi connectivity index (χ3n) is 2.88. The average Bonchev–Trinajstić information content (AvgIpc) is 2.45. The Bertz CT molecular complexity index is 428. The van der Waals surface area contributed by atoms with Crippen LogP contribution in [0.4, 0.5) is 0 Å². The molecule has 3 atom stereocenters. The molecule has 0 aromatic rings. The van der Waals surface area contributed by atoms with Gasteiger partial charge < -0.3 is 10.0 Å². The molecule has 1 amide bonds. The predicted octanol–water partition coefficient (Wildman–Crippen LogP) is 0.583. The molecule has 0 aromatic heterocycles. The van der Waals surface area contributed by atoms with Crippen molar-refractivity contribution in [2.75, 3.05) is 0 Å². The molecule has 2 saturated heterocycles. The van der Waals surface area contributed by atoms with E-state index in [2.05, 4.69) is 0 Å². The molecule has 0 bridgehead atoms. The van der Waals surface area contributed by atoms with Crippen LogP contribution in [0.3, 0.4) is 0 Å². The first-order chi connectivity index (χ1) is 7.49. The minimum Gasteiger partial charge on any atom is -0.480 e. The molecule has 0 spiro atoms. The maximum Gasteiger partial charge on any atom is 0.328 e. The standard InChI is InChI=1S/C10H10N2O3S/c1-10(3-2-4-11)8(9(14)15)12-6(13)5-7(12)16-10/h2-3,7-8H,5H2,1H3,(H,14,15)/t7-,8+,10+/m1/s1. The summed E-state index contributed by atoms with van der Waals surface area (Å²) in [4.78, 5) is 23.9. The third-order valence-corrected chi connectivity index (χ3v) is 4.41. The fourth-order valence-corrected chi connectivity index (χ4v) is 3.80. The summed E-state index contributed by atoms with van der Waals surface area (Å²) in [6.45, 7) is 1.75. The highest BCUT2D eigenvalue weighted by Gasteiger charge is 2.59. The number of hydrogen-bond acceptors (Lipinski definition) is 4. The quantitative estimate of drug-likeness (QED) is 0.562. The van der Waals surface area contributed by atoms with E-state index < -0.39 is 16.8 Å². The van der Waals surface area contributed by atoms with Crippen LogP contribution in [0.5, 0.6) is 0 Å². The number of nitrogens with zero attached hydrogens (tertiary/aromatic N) is 2. The Kier molecular flexibility index (Phi) is 2.43. The first-order valence-corrected chi connectivity index (χ1v) is 5.66. The highest BCUT2D eigenvalue weighted by atomic mass is 32.2. The first-order valence-electron chi connectivity index (χ1n) is 4.79. The maximum absolute atomic E-state index is 11.3. The van der Waals surface area contributed by atoms with Crippen molar-refractivity contribution >= 4 is 23.6 Å². The van der Waals surface area contributed by atoms with Gasteiger partial charge in [-0.1, -0.05) is 6.08 Å². The Morgan fingerprint density at radius 3 is 3.00 bits per heavy atom. The van der Waals surface area contributed by atoms with Gasteiger partial charge in [0.05, 0.1) is 22.6 Å². The van der Waals surface area contributed by atoms with E-state index in [9.17, 15) is 9.59 Å². The normalized spacial score (nSPS) is 37.0. The van der Waals surface area contributed by atoms with Gasteiger partial charge in [-0.25, -0.2) is 4.79 Å². The van der Waals surface area contributed by atoms with Crippen molar-refractivity contribution in [2.24, 2.45) is 0 Å². The number of thioether (sulfide) groups is 1. The van der Waals surface area contributed by atoms with Gasteiger partial charge >= 0.3 is 5.97 Å². The molecule has 2 heterocycles. The second-order valence-electron chi connectivity index (χ2n) is 3.96. The van der Waals surface area contributed by atoms with E-state index in [-0.39, 0.29) is 11.3 Å². The Labute approximate surface area is 96.7 Å². The number of hydrogen-bond donors (Lipinski definition) is 1. The lowest BCUT2D eigenvalue weighted by Crippen LogP contribution is -2.57. The summed E-state index contributed by atoms with van der Waals surface area (Å²) in [5.41, 5.74) is 0. The van der Waals surface area contributed by atoms with E-state index in [4.69, 9.17) is 10.4 Å². The average molecular weight is 238 g/mol. The summed E-state index contributed by atoms with van der Waals surface area (Å²) in [5, 5.41) is 17.6. The van der Waals surface area contributed by atoms with Crippen LogP contribution in [-0.4, -0.2) is 38.0 Å². The predicted molar refractivity (Wildman–Crippen MR) is 57.4 cm³/mol. The van der Waals surface area contributed by atoms with Gasteiger partial charge in [-0.3, -0.25) is 4.79 Å². The van der Waals surface area contributed by atoms with E-state index in [0.29, 0.717) is 6.42 Å². The van der Waals surface area contributed by atoms with Gasteiger partial charge in [0.25, 0.3) is 0 Å². The molecule has 2 aliphatic rings. The number of carboxylic acids is 1. The molecule has 0 saturated carbocycles. The molecule has 6 heteroatoms. The SMILES string of the molecule is C[C@@]1(C=CC#N)S[C@@H]2CC(=O)N2[C@H]1C(=O)O. The molecule has 2 fully saturated rings. The molecule has 16 heavy (non-hydrogen) atoms. The van der Waals surface area contributed by atoms with Crippen molar-refractivity contribution in [3.05, 3.63) is 12.2 Å². The van der Waals surface area contributed by atoms with Crippen LogP contribution in [-0.2, 0) is 9.59 Å². The Morgan fingerprint density at radius 2 is 2.50 bits per heavy atom. The number of allylic oxidation sites excluding steroid dienone is 1. The molecule has 5 nitrogen and oxygen atoms in total. The van der Waals surface area contributed by atoms with E-state index in [1.54, 1.807) is 13.0 Å². The first kappa shape index (κ1) is 11.0. The molecule has 1 N–H and O–H groups in total. The molecule has 0 aromatic carbocycles. The van der Waals surface area contributed by atoms with Crippen LogP contribution in [0, 0.1) is 11.3 Å². The van der Waals surface area contributed by atoms with Crippen LogP contribution in [0.15, 0.2) is 12.2 Å². The maximum atomic E-state index is 11.3. The lowest BCUT2D eigenvalue weighted by atomic mass is 9.96. The number of carboxylic acid groups (broad SMARTS) is 1. The Balaban J connectivity index is 2.33. The van der Waals surface area contributed by atoms with Crippen LogP contribution in [0.2, 0.25) is 0 Å². The number of rotatable bonds is 2. The second kappa shape index (κ2) is 3.52. The van der Waals surface area contributed by atoms with Crippen LogP contribution < -0.4 is 0 Å². The van der Waals surface area contributed by atoms with Gasteiger partial charge in [0.2, 0.25) is 5.91 Å². The molecule has 0 unspecified atom stereocenters. The van der Waals surface area contributed by atoms with Crippen LogP contribution in [0.1, 0.15) is 13.3 Å². The van der Waals surface area contributed by atoms with Crippen molar-refractivity contribution < 1.29 is 14.7 Å². The summed E-state index contributed by atoms with van der Waals surface area (Å²) in [6.07, 6.45) is 3.24. The third kappa shape index (κ3) is 1.39. The van der Waals surface area contributed by atoms with Crippen molar-refractivity contribution in [1.29, 1.82) is 5.26 Å². The van der Waals surface area contributed by atoms with Gasteiger partial charge in [0.1, 0.15) is 6.04 Å². The highest BCUT2D eigenvalue weighted by Crippen LogP contribution is 2.51. The van der Waals surface area contributed by atoms with E-state index >= 15 is 0 Å². The Morgan fingerprint density at radius 1 is 1.81 bits per heavy atom. The largest absolute Gasteiger partial charge is 0.480 e. The summed E-state index contributed by atoms with van der Waals surface area (Å²) in [5.74, 6) is -1.15. The van der Waals surface area contributed by atoms with Crippen molar-refractivity contribution in [3.63, 3.8) is 0 Å². The van der Waals surface area contributed by atoms with Crippen molar-refractivity contribution in [1.82, 2.24) is 4.90 Å². The van der Waals surface area contributed by atoms with Crippen LogP contribution in [0.25, 0.3) is 0 Å². The van der Waals surface area contributed by atoms with Gasteiger partial charge in [0, 0.05) is 6.08 Å². The molecule has 0 aliphatic carbocycles. The van der Waals surface area contributed by atoms with E-state index in [0.717, 1.165) is 0 Å². The molecule has 84 valence electrons. The number of β-lactam (4-membered cyclic amide) rings is 1. The Hall–Kier alpha value is -1.48. The molecular weight excluding hydrogens is 228 g/mol. The molecule has 0 radical (unpaired) electrons. The topological polar surface area (TPSA) is 81.4 Å². The number of fused-ring (bicyclic) bond motifs is 1. The number of amides is 1. The van der Waals surface area contributed by atoms with Crippen molar-refractivity contribution in [3.8, 4) is 6.07 Å². The highest BCUT2D eigenvalue weighted by molar-refractivity contribution is 8.01. The van der Waals surface area contributed by atoms with Gasteiger partial charge in [-0.2, -0.15) is 5.26 Å². The smallest absolute Gasteiger partial charge is 0.328 e. The number of aliphatic carboxylic acids is 1. The van der Waals surface area contributed by atoms with Gasteiger partial charge in [0.15, 0.2) is 0 Å². The van der Waals surface area contributed by atoms with Crippen LogP contribution >= 0.6 is 11.8 Å². The fraction of sp³-hybridized carbons (Fsp3) is 0.500. The lowest BCUT2D eigenvalue weighted by molar-refractivity contribution is -0.156. The molecule has 2 aliphatic heterocycles. The zero-order valence-corrected chi connectivity index (χ0v) is 9.40. The fourth-order valence-electron chi connectivity index (χ4n) is 2.14. The summed E-state index contributed by atoms with van der Waals surface area (Å²) in [7, 11) is 0. The number of carbonyl (C=O) groups is 2. The van der Waals surface area contributed by atoms with Crippen molar-refractivity contribution in [2.45, 2.75) is 29.5 Å². The molecule has 2 rings (SSSR count). The summed E-state index contributed by atoms with van der Waals surface area (Å²) in [6, 6.07) is 0.983. The van der Waals surface area contributed by atoms with Gasteiger partial charge in [-0.15, -0.1) is 11.8 Å². The summed E-state index contributed by atoms with van der Waals surface area (Å²) < 4.78 is -0.710. The lowest BCUT2D eigenvalue weighted by Gasteiger charge is -2.36.